The summed E-state index contributed by atoms with van der Waals surface area (Å²) in [7, 11) is -2.69. The van der Waals surface area contributed by atoms with Crippen molar-refractivity contribution >= 4 is 44.1 Å². The summed E-state index contributed by atoms with van der Waals surface area (Å²) >= 11 is 0. The average Bonchev–Trinajstić information content (AvgIpc) is 2.81. The van der Waals surface area contributed by atoms with E-state index in [-0.39, 0.29) is 26.2 Å². The van der Waals surface area contributed by atoms with E-state index in [0.717, 1.165) is 54.0 Å². The quantitative estimate of drug-likeness (QED) is 0.130. The van der Waals surface area contributed by atoms with Gasteiger partial charge in [0, 0.05) is 0 Å². The summed E-state index contributed by atoms with van der Waals surface area (Å²) in [5, 5.41) is 5.68. The second-order valence-electron chi connectivity index (χ2n) is 12.4. The second kappa shape index (κ2) is 20.8. The monoisotopic (exact) mass is 675 g/mol. The third kappa shape index (κ3) is 25.4. The van der Waals surface area contributed by atoms with Crippen molar-refractivity contribution in [2.45, 2.75) is 65.5 Å². The van der Waals surface area contributed by atoms with Crippen LogP contribution in [0.4, 0.5) is 0 Å². The van der Waals surface area contributed by atoms with Gasteiger partial charge in [0.25, 0.3) is 0 Å². The van der Waals surface area contributed by atoms with Crippen LogP contribution in [-0.2, 0) is 32.7 Å². The van der Waals surface area contributed by atoms with Crippen LogP contribution in [0, 0.1) is 0 Å². The molecule has 0 saturated heterocycles. The Morgan fingerprint density at radius 1 is 0.615 bits per heavy atom. The molecule has 0 bridgehead atoms. The molecular weight excluding hydrogens is 625 g/mol. The van der Waals surface area contributed by atoms with E-state index in [4.69, 9.17) is 14.9 Å². The molecule has 39 heavy (non-hydrogen) atoms. The van der Waals surface area contributed by atoms with E-state index in [1.807, 2.05) is 42.3 Å². The smallest absolute Gasteiger partial charge is 0.664 e. The van der Waals surface area contributed by atoms with Gasteiger partial charge in [0.1, 0.15) is 0 Å². The topological polar surface area (TPSA) is 59.6 Å². The molecule has 2 aromatic carbocycles. The summed E-state index contributed by atoms with van der Waals surface area (Å²) in [6.07, 6.45) is 0. The molecule has 0 saturated carbocycles. The fourth-order valence-electron chi connectivity index (χ4n) is 3.27. The van der Waals surface area contributed by atoms with E-state index in [1.54, 1.807) is 0 Å². The molecular formula is C29H52N5PSi3Zr. The Labute approximate surface area is 264 Å². The van der Waals surface area contributed by atoms with Crippen LogP contribution in [0.1, 0.15) is 5.56 Å². The van der Waals surface area contributed by atoms with Gasteiger partial charge in [0.2, 0.25) is 0 Å². The van der Waals surface area contributed by atoms with Crippen LogP contribution in [-0.4, -0.2) is 74.8 Å². The predicted molar refractivity (Wildman–Crippen MR) is 184 cm³/mol. The Balaban J connectivity index is 0.000000750. The first-order valence-electron chi connectivity index (χ1n) is 13.8. The minimum Gasteiger partial charge on any atom is -0.664 e. The van der Waals surface area contributed by atoms with Gasteiger partial charge < -0.3 is 25.2 Å². The van der Waals surface area contributed by atoms with Crippen LogP contribution < -0.4 is 5.30 Å². The van der Waals surface area contributed by atoms with E-state index < -0.39 is 24.7 Å². The van der Waals surface area contributed by atoms with Gasteiger partial charge in [-0.05, 0) is 24.9 Å². The maximum absolute atomic E-state index is 4.86. The molecule has 0 unspecified atom stereocenters. The molecule has 214 valence electrons. The van der Waals surface area contributed by atoms with E-state index in [9.17, 15) is 0 Å². The molecule has 0 aliphatic rings. The number of hydrogen-bond donors (Lipinski definition) is 0. The SMILES string of the molecule is C([N-]Cc1ccccc1)=Pc1ccccc1.C[Si](C)(C)[N-]CCN(CC[N-][Si](C)(C)C)CC[N-][Si](C)(C)C.[Zr+4]. The van der Waals surface area contributed by atoms with E-state index in [0.29, 0.717) is 0 Å². The number of benzene rings is 2. The zero-order valence-electron chi connectivity index (χ0n) is 26.0. The third-order valence-electron chi connectivity index (χ3n) is 5.17. The van der Waals surface area contributed by atoms with Gasteiger partial charge >= 0.3 is 26.2 Å². The number of nitrogens with zero attached hydrogens (tertiary/aromatic N) is 5. The molecule has 0 aromatic heterocycles. The van der Waals surface area contributed by atoms with Crippen LogP contribution >= 0.6 is 8.20 Å². The summed E-state index contributed by atoms with van der Waals surface area (Å²) in [5.41, 5.74) is 1.25. The molecule has 0 amide bonds. The van der Waals surface area contributed by atoms with Crippen LogP contribution in [0.25, 0.3) is 20.3 Å². The van der Waals surface area contributed by atoms with E-state index in [2.05, 4.69) is 93.4 Å². The van der Waals surface area contributed by atoms with Gasteiger partial charge in [0.15, 0.2) is 0 Å². The summed E-state index contributed by atoms with van der Waals surface area (Å²) in [4.78, 5) is 17.1. The van der Waals surface area contributed by atoms with Crippen LogP contribution in [0.15, 0.2) is 60.7 Å². The van der Waals surface area contributed by atoms with Crippen molar-refractivity contribution in [2.75, 3.05) is 39.3 Å². The number of hydrogen-bond acceptors (Lipinski definition) is 1. The predicted octanol–water partition coefficient (Wildman–Crippen LogP) is 8.50. The van der Waals surface area contributed by atoms with Crippen LogP contribution in [0.3, 0.4) is 0 Å². The normalized spacial score (nSPS) is 12.3. The standard InChI is InChI=1S/C15H39N4Si3.C14H13NP.Zr/c1-20(2,3)16-10-13-19(14-11-17-21(4,5)6)15-12-18-22(7,8)9;1-3-7-13(8-4-1)11-15-12-16-14-9-5-2-6-10-14;/h10-15H2,1-9H3;1-10,12H,11H2;/q-3;-1;+4. The molecule has 5 nitrogen and oxygen atoms in total. The largest absolute Gasteiger partial charge is 4.00 e. The molecule has 0 fully saturated rings. The minimum atomic E-state index is -1.28. The first-order valence-corrected chi connectivity index (χ1v) is 25.1. The third-order valence-corrected chi connectivity index (χ3v) is 9.56. The van der Waals surface area contributed by atoms with Gasteiger partial charge in [-0.1, -0.05) is 158 Å². The molecule has 0 aliphatic heterocycles. The molecule has 0 heterocycles. The van der Waals surface area contributed by atoms with Crippen LogP contribution in [0.5, 0.6) is 0 Å². The molecule has 2 aromatic rings. The summed E-state index contributed by atoms with van der Waals surface area (Å²) in [6.45, 7) is 27.6. The van der Waals surface area contributed by atoms with Gasteiger partial charge in [0.05, 0.1) is 0 Å². The molecule has 2 rings (SSSR count). The van der Waals surface area contributed by atoms with Crippen molar-refractivity contribution in [1.29, 1.82) is 0 Å². The molecule has 0 N–H and O–H groups in total. The zero-order valence-corrected chi connectivity index (χ0v) is 32.3. The van der Waals surface area contributed by atoms with Crippen molar-refractivity contribution in [1.82, 2.24) is 4.90 Å². The summed E-state index contributed by atoms with van der Waals surface area (Å²) < 4.78 is 0. The summed E-state index contributed by atoms with van der Waals surface area (Å²) in [5.74, 6) is 1.96. The van der Waals surface area contributed by atoms with E-state index in [1.165, 1.54) is 10.9 Å². The maximum Gasteiger partial charge on any atom is 4.00 e. The van der Waals surface area contributed by atoms with Gasteiger partial charge in [-0.3, -0.25) is 0 Å². The van der Waals surface area contributed by atoms with Crippen molar-refractivity contribution in [3.8, 4) is 0 Å². The Bertz CT molecular complexity index is 838. The first-order chi connectivity index (χ1) is 17.7. The van der Waals surface area contributed by atoms with Gasteiger partial charge in [-0.25, -0.2) is 0 Å². The molecule has 0 spiro atoms. The average molecular weight is 677 g/mol. The molecule has 0 atom stereocenters. The van der Waals surface area contributed by atoms with Crippen molar-refractivity contribution in [2.24, 2.45) is 0 Å². The molecule has 10 heteroatoms. The van der Waals surface area contributed by atoms with Crippen molar-refractivity contribution < 1.29 is 26.2 Å². The maximum atomic E-state index is 4.86. The minimum absolute atomic E-state index is 0. The summed E-state index contributed by atoms with van der Waals surface area (Å²) in [6, 6.07) is 20.6. The molecule has 0 radical (unpaired) electrons. The fourth-order valence-corrected chi connectivity index (χ4v) is 6.22. The Morgan fingerprint density at radius 3 is 1.38 bits per heavy atom. The Kier molecular flexibility index (Phi) is 20.7. The second-order valence-corrected chi connectivity index (χ2v) is 27.4. The first kappa shape index (κ1) is 38.9. The number of rotatable bonds is 16. The van der Waals surface area contributed by atoms with Crippen molar-refractivity contribution in [3.05, 3.63) is 86.5 Å². The van der Waals surface area contributed by atoms with Gasteiger partial charge in [-0.2, -0.15) is 5.92 Å². The van der Waals surface area contributed by atoms with Crippen LogP contribution in [0.2, 0.25) is 58.9 Å². The van der Waals surface area contributed by atoms with Gasteiger partial charge in [-0.15, -0.1) is 26.2 Å². The zero-order chi connectivity index (χ0) is 28.5. The molecule has 0 aliphatic carbocycles. The Morgan fingerprint density at radius 2 is 1.00 bits per heavy atom. The Hall–Kier alpha value is -0.0562. The van der Waals surface area contributed by atoms with Crippen molar-refractivity contribution in [3.63, 3.8) is 0 Å². The van der Waals surface area contributed by atoms with E-state index >= 15 is 0 Å². The fraction of sp³-hybridized carbons (Fsp3) is 0.552.